The maximum atomic E-state index is 12.8. The van der Waals surface area contributed by atoms with Crippen LogP contribution in [0.4, 0.5) is 0 Å². The molecule has 0 N–H and O–H groups in total. The van der Waals surface area contributed by atoms with Crippen molar-refractivity contribution in [2.75, 3.05) is 20.0 Å². The molecule has 0 fully saturated rings. The minimum absolute atomic E-state index is 0.0523. The van der Waals surface area contributed by atoms with E-state index in [1.165, 1.54) is 26.0 Å². The van der Waals surface area contributed by atoms with E-state index in [9.17, 15) is 19.2 Å². The van der Waals surface area contributed by atoms with E-state index in [1.807, 2.05) is 0 Å². The Balaban J connectivity index is 2.20. The van der Waals surface area contributed by atoms with Crippen molar-refractivity contribution < 1.29 is 28.7 Å². The first-order valence-electron chi connectivity index (χ1n) is 9.70. The van der Waals surface area contributed by atoms with E-state index < -0.39 is 35.0 Å². The van der Waals surface area contributed by atoms with Crippen LogP contribution in [0.15, 0.2) is 24.3 Å². The quantitative estimate of drug-likeness (QED) is 0.308. The molecular formula is C21H27NO6S. The monoisotopic (exact) mass is 421 g/mol. The van der Waals surface area contributed by atoms with Gasteiger partial charge < -0.3 is 9.47 Å². The zero-order valence-electron chi connectivity index (χ0n) is 17.0. The largest absolute Gasteiger partial charge is 0.468 e. The van der Waals surface area contributed by atoms with E-state index in [2.05, 4.69) is 6.92 Å². The van der Waals surface area contributed by atoms with Gasteiger partial charge in [0.25, 0.3) is 11.8 Å². The summed E-state index contributed by atoms with van der Waals surface area (Å²) in [5, 5.41) is -0.685. The molecule has 0 radical (unpaired) electrons. The fraction of sp³-hybridized carbons (Fsp3) is 0.524. The molecule has 158 valence electrons. The molecule has 1 aromatic carbocycles. The summed E-state index contributed by atoms with van der Waals surface area (Å²) in [6, 6.07) is 5.21. The summed E-state index contributed by atoms with van der Waals surface area (Å²) in [5.74, 6) is -1.62. The molecule has 1 aliphatic heterocycles. The molecule has 2 amide bonds. The second-order valence-corrected chi connectivity index (χ2v) is 8.05. The molecule has 2 rings (SSSR count). The molecule has 0 saturated carbocycles. The average molecular weight is 422 g/mol. The number of fused-ring (bicyclic) bond motifs is 1. The van der Waals surface area contributed by atoms with Crippen molar-refractivity contribution >= 4 is 35.5 Å². The van der Waals surface area contributed by atoms with Gasteiger partial charge in [-0.25, -0.2) is 4.79 Å². The van der Waals surface area contributed by atoms with E-state index in [4.69, 9.17) is 9.47 Å². The number of hydrogen-bond donors (Lipinski definition) is 0. The minimum Gasteiger partial charge on any atom is -0.468 e. The molecule has 1 aromatic rings. The van der Waals surface area contributed by atoms with Crippen LogP contribution in [0, 0.1) is 0 Å². The highest BCUT2D eigenvalue weighted by molar-refractivity contribution is 8.00. The summed E-state index contributed by atoms with van der Waals surface area (Å²) in [6.45, 7) is 2.12. The van der Waals surface area contributed by atoms with Gasteiger partial charge in [-0.3, -0.25) is 19.3 Å². The van der Waals surface area contributed by atoms with Crippen molar-refractivity contribution in [3.8, 4) is 0 Å². The summed E-state index contributed by atoms with van der Waals surface area (Å²) in [6.07, 6.45) is 4.15. The van der Waals surface area contributed by atoms with Gasteiger partial charge in [0.1, 0.15) is 11.3 Å². The lowest BCUT2D eigenvalue weighted by atomic mass is 10.1. The number of carbonyl (C=O) groups is 4. The Morgan fingerprint density at radius 2 is 1.55 bits per heavy atom. The predicted octanol–water partition coefficient (Wildman–Crippen LogP) is 3.07. The zero-order chi connectivity index (χ0) is 21.4. The number of methoxy groups -OCH3 is 2. The van der Waals surface area contributed by atoms with Crippen LogP contribution in [-0.2, 0) is 19.1 Å². The minimum atomic E-state index is -1.19. The van der Waals surface area contributed by atoms with Gasteiger partial charge in [-0.15, -0.1) is 11.8 Å². The lowest BCUT2D eigenvalue weighted by molar-refractivity contribution is -0.146. The fourth-order valence-electron chi connectivity index (χ4n) is 3.25. The molecule has 0 aliphatic carbocycles. The highest BCUT2D eigenvalue weighted by Gasteiger charge is 2.44. The van der Waals surface area contributed by atoms with Crippen LogP contribution in [0.3, 0.4) is 0 Å². The van der Waals surface area contributed by atoms with Gasteiger partial charge in [-0.1, -0.05) is 38.3 Å². The van der Waals surface area contributed by atoms with Gasteiger partial charge in [0.2, 0.25) is 0 Å². The molecule has 8 heteroatoms. The van der Waals surface area contributed by atoms with Gasteiger partial charge in [0, 0.05) is 6.42 Å². The number of ether oxygens (including phenoxy) is 2. The van der Waals surface area contributed by atoms with Crippen LogP contribution >= 0.6 is 11.8 Å². The SMILES string of the molecule is CCCCCCSC(C[C@@H](C(=O)OC)N1C(=O)c2ccccc2C1=O)C(=O)OC. The van der Waals surface area contributed by atoms with Crippen molar-refractivity contribution in [1.29, 1.82) is 0 Å². The Kier molecular flexibility index (Phi) is 8.70. The molecule has 0 saturated heterocycles. The van der Waals surface area contributed by atoms with Crippen LogP contribution < -0.4 is 0 Å². The van der Waals surface area contributed by atoms with E-state index in [1.54, 1.807) is 24.3 Å². The Morgan fingerprint density at radius 3 is 2.07 bits per heavy atom. The van der Waals surface area contributed by atoms with Crippen LogP contribution in [0.5, 0.6) is 0 Å². The van der Waals surface area contributed by atoms with Gasteiger partial charge in [0.05, 0.1) is 25.3 Å². The van der Waals surface area contributed by atoms with Crippen molar-refractivity contribution in [3.05, 3.63) is 35.4 Å². The number of unbranched alkanes of at least 4 members (excludes halogenated alkanes) is 3. The molecule has 1 aliphatic rings. The number of nitrogens with zero attached hydrogens (tertiary/aromatic N) is 1. The lowest BCUT2D eigenvalue weighted by Gasteiger charge is -2.26. The van der Waals surface area contributed by atoms with Crippen molar-refractivity contribution in [3.63, 3.8) is 0 Å². The first kappa shape index (κ1) is 22.9. The highest BCUT2D eigenvalue weighted by Crippen LogP contribution is 2.29. The summed E-state index contributed by atoms with van der Waals surface area (Å²) < 4.78 is 9.73. The van der Waals surface area contributed by atoms with Crippen LogP contribution in [0.1, 0.15) is 59.7 Å². The normalized spacial score (nSPS) is 15.1. The maximum absolute atomic E-state index is 12.8. The van der Waals surface area contributed by atoms with Gasteiger partial charge >= 0.3 is 11.9 Å². The maximum Gasteiger partial charge on any atom is 0.329 e. The summed E-state index contributed by atoms with van der Waals surface area (Å²) in [4.78, 5) is 51.3. The second kappa shape index (κ2) is 11.0. The molecular weight excluding hydrogens is 394 g/mol. The molecule has 7 nitrogen and oxygen atoms in total. The first-order chi connectivity index (χ1) is 14.0. The zero-order valence-corrected chi connectivity index (χ0v) is 17.8. The van der Waals surface area contributed by atoms with E-state index in [0.29, 0.717) is 0 Å². The summed E-state index contributed by atoms with van der Waals surface area (Å²) in [5.41, 5.74) is 0.487. The standard InChI is InChI=1S/C21H27NO6S/c1-4-5-6-9-12-29-17(21(26)28-3)13-16(20(25)27-2)22-18(23)14-10-7-8-11-15(14)19(22)24/h7-8,10-11,16-17H,4-6,9,12-13H2,1-3H3/t16-,17?/m0/s1. The number of esters is 2. The third-order valence-corrected chi connectivity index (χ3v) is 6.14. The average Bonchev–Trinajstić information content (AvgIpc) is 2.99. The number of benzene rings is 1. The van der Waals surface area contributed by atoms with Gasteiger partial charge in [0.15, 0.2) is 0 Å². The van der Waals surface area contributed by atoms with Gasteiger partial charge in [-0.2, -0.15) is 0 Å². The number of carbonyl (C=O) groups excluding carboxylic acids is 4. The number of thioether (sulfide) groups is 1. The van der Waals surface area contributed by atoms with Crippen molar-refractivity contribution in [2.45, 2.75) is 50.3 Å². The topological polar surface area (TPSA) is 90.0 Å². The number of imide groups is 1. The highest BCUT2D eigenvalue weighted by atomic mass is 32.2. The lowest BCUT2D eigenvalue weighted by Crippen LogP contribution is -2.47. The van der Waals surface area contributed by atoms with E-state index in [-0.39, 0.29) is 17.5 Å². The first-order valence-corrected chi connectivity index (χ1v) is 10.7. The van der Waals surface area contributed by atoms with Gasteiger partial charge in [-0.05, 0) is 24.3 Å². The molecule has 2 atom stereocenters. The van der Waals surface area contributed by atoms with E-state index >= 15 is 0 Å². The number of rotatable bonds is 11. The predicted molar refractivity (Wildman–Crippen MR) is 110 cm³/mol. The molecule has 1 heterocycles. The van der Waals surface area contributed by atoms with Crippen LogP contribution in [0.2, 0.25) is 0 Å². The van der Waals surface area contributed by atoms with Crippen molar-refractivity contribution in [1.82, 2.24) is 4.90 Å². The Hall–Kier alpha value is -2.35. The smallest absolute Gasteiger partial charge is 0.329 e. The Labute approximate surface area is 175 Å². The Morgan fingerprint density at radius 1 is 0.966 bits per heavy atom. The third-order valence-electron chi connectivity index (χ3n) is 4.83. The summed E-state index contributed by atoms with van der Waals surface area (Å²) in [7, 11) is 2.47. The van der Waals surface area contributed by atoms with Crippen molar-refractivity contribution in [2.24, 2.45) is 0 Å². The Bertz CT molecular complexity index is 730. The second-order valence-electron chi connectivity index (χ2n) is 6.74. The third kappa shape index (κ3) is 5.38. The summed E-state index contributed by atoms with van der Waals surface area (Å²) >= 11 is 1.37. The number of hydrogen-bond acceptors (Lipinski definition) is 7. The van der Waals surface area contributed by atoms with Crippen LogP contribution in [-0.4, -0.2) is 59.9 Å². The molecule has 29 heavy (non-hydrogen) atoms. The van der Waals surface area contributed by atoms with Crippen LogP contribution in [0.25, 0.3) is 0 Å². The fourth-order valence-corrected chi connectivity index (χ4v) is 4.46. The number of amides is 2. The molecule has 1 unspecified atom stereocenters. The van der Waals surface area contributed by atoms with E-state index in [0.717, 1.165) is 36.3 Å². The molecule has 0 spiro atoms. The molecule has 0 aromatic heterocycles. The molecule has 0 bridgehead atoms.